The number of hydrogen-bond acceptors (Lipinski definition) is 5. The Balaban J connectivity index is 2.61. The molecule has 0 aliphatic carbocycles. The molecular weight excluding hydrogens is 210 g/mol. The third kappa shape index (κ3) is 1.75. The molecule has 0 amide bonds. The predicted molar refractivity (Wildman–Crippen MR) is 58.0 cm³/mol. The van der Waals surface area contributed by atoms with Gasteiger partial charge in [-0.1, -0.05) is 0 Å². The molecule has 1 aliphatic heterocycles. The van der Waals surface area contributed by atoms with Crippen molar-refractivity contribution in [2.75, 3.05) is 18.9 Å². The molecule has 2 rings (SSSR count). The lowest BCUT2D eigenvalue weighted by Gasteiger charge is -2.22. The van der Waals surface area contributed by atoms with Gasteiger partial charge in [-0.15, -0.1) is 0 Å². The minimum atomic E-state index is -1.01. The second-order valence-corrected chi connectivity index (χ2v) is 3.74. The van der Waals surface area contributed by atoms with E-state index >= 15 is 0 Å². The van der Waals surface area contributed by atoms with Gasteiger partial charge >= 0.3 is 0 Å². The molecule has 0 bridgehead atoms. The minimum absolute atomic E-state index is 0.348. The van der Waals surface area contributed by atoms with Gasteiger partial charge in [0.15, 0.2) is 11.5 Å². The largest absolute Gasteiger partial charge is 0.504 e. The highest BCUT2D eigenvalue weighted by molar-refractivity contribution is 5.49. The maximum Gasteiger partial charge on any atom is 0.220 e. The lowest BCUT2D eigenvalue weighted by Crippen LogP contribution is -2.24. The molecule has 0 aromatic heterocycles. The van der Waals surface area contributed by atoms with E-state index in [1.54, 1.807) is 6.92 Å². The van der Waals surface area contributed by atoms with Crippen LogP contribution < -0.4 is 11.2 Å². The van der Waals surface area contributed by atoms with Crippen LogP contribution in [0.4, 0.5) is 5.69 Å². The third-order valence-corrected chi connectivity index (χ3v) is 2.59. The Labute approximate surface area is 92.4 Å². The highest BCUT2D eigenvalue weighted by Crippen LogP contribution is 2.33. The van der Waals surface area contributed by atoms with Gasteiger partial charge in [-0.3, -0.25) is 4.79 Å². The average Bonchev–Trinajstić information content (AvgIpc) is 2.64. The predicted octanol–water partition coefficient (Wildman–Crippen LogP) is 0.554. The summed E-state index contributed by atoms with van der Waals surface area (Å²) in [6.07, 6.45) is 0. The van der Waals surface area contributed by atoms with Crippen LogP contribution in [0, 0.1) is 0 Å². The van der Waals surface area contributed by atoms with Gasteiger partial charge in [-0.25, -0.2) is 0 Å². The van der Waals surface area contributed by atoms with Crippen molar-refractivity contribution in [3.05, 3.63) is 34.0 Å². The third-order valence-electron chi connectivity index (χ3n) is 2.59. The molecule has 0 radical (unpaired) electrons. The lowest BCUT2D eigenvalue weighted by atomic mass is 10.1. The number of aromatic hydroxyl groups is 1. The van der Waals surface area contributed by atoms with E-state index in [2.05, 4.69) is 0 Å². The molecule has 1 aromatic carbocycles. The molecule has 1 aromatic rings. The van der Waals surface area contributed by atoms with Crippen molar-refractivity contribution in [3.63, 3.8) is 0 Å². The van der Waals surface area contributed by atoms with Gasteiger partial charge in [-0.2, -0.15) is 0 Å². The fourth-order valence-electron chi connectivity index (χ4n) is 1.69. The van der Waals surface area contributed by atoms with E-state index in [1.165, 1.54) is 18.2 Å². The molecule has 0 unspecified atom stereocenters. The van der Waals surface area contributed by atoms with E-state index in [0.29, 0.717) is 24.5 Å². The van der Waals surface area contributed by atoms with Crippen LogP contribution in [0.15, 0.2) is 23.0 Å². The molecule has 1 fully saturated rings. The Hall–Kier alpha value is -1.59. The fraction of sp³-hybridized carbons (Fsp3) is 0.364. The number of ether oxygens (including phenoxy) is 2. The summed E-state index contributed by atoms with van der Waals surface area (Å²) in [5, 5.41) is 9.31. The first-order chi connectivity index (χ1) is 7.53. The van der Waals surface area contributed by atoms with E-state index < -0.39 is 11.2 Å². The minimum Gasteiger partial charge on any atom is -0.504 e. The summed E-state index contributed by atoms with van der Waals surface area (Å²) in [6.45, 7) is 2.60. The van der Waals surface area contributed by atoms with Gasteiger partial charge in [0.1, 0.15) is 0 Å². The Morgan fingerprint density at radius 3 is 2.62 bits per heavy atom. The van der Waals surface area contributed by atoms with Crippen molar-refractivity contribution < 1.29 is 14.6 Å². The molecule has 5 heteroatoms. The lowest BCUT2D eigenvalue weighted by molar-refractivity contribution is -0.149. The van der Waals surface area contributed by atoms with Gasteiger partial charge in [0, 0.05) is 11.3 Å². The number of nitrogens with two attached hydrogens (primary N) is 1. The zero-order chi connectivity index (χ0) is 11.8. The summed E-state index contributed by atoms with van der Waals surface area (Å²) >= 11 is 0. The Bertz CT molecular complexity index is 466. The second-order valence-electron chi connectivity index (χ2n) is 3.74. The van der Waals surface area contributed by atoms with Crippen molar-refractivity contribution in [2.45, 2.75) is 12.7 Å². The van der Waals surface area contributed by atoms with Gasteiger partial charge in [0.2, 0.25) is 5.43 Å². The number of nitrogen functional groups attached to an aromatic ring is 1. The van der Waals surface area contributed by atoms with Crippen molar-refractivity contribution in [3.8, 4) is 5.75 Å². The standard InChI is InChI=1S/C11H13NO4/c1-11(15-4-5-16-11)7-6-10(14)9(13)3-2-8(7)12/h2-3,6H,4-5,12H2,1H3,(H,13,14). The van der Waals surface area contributed by atoms with E-state index in [0.717, 1.165) is 0 Å². The first-order valence-electron chi connectivity index (χ1n) is 4.94. The zero-order valence-corrected chi connectivity index (χ0v) is 8.90. The summed E-state index contributed by atoms with van der Waals surface area (Å²) in [7, 11) is 0. The molecule has 0 atom stereocenters. The SMILES string of the molecule is CC1(c2cc(=O)c(O)ccc2N)OCCO1. The quantitative estimate of drug-likeness (QED) is 0.726. The van der Waals surface area contributed by atoms with E-state index in [4.69, 9.17) is 15.2 Å². The van der Waals surface area contributed by atoms with Crippen LogP contribution in [-0.2, 0) is 15.3 Å². The van der Waals surface area contributed by atoms with Gasteiger partial charge in [0.25, 0.3) is 0 Å². The fourth-order valence-corrected chi connectivity index (χ4v) is 1.69. The monoisotopic (exact) mass is 223 g/mol. The summed E-state index contributed by atoms with van der Waals surface area (Å²) in [4.78, 5) is 11.5. The maximum absolute atomic E-state index is 11.5. The van der Waals surface area contributed by atoms with Crippen LogP contribution in [0.25, 0.3) is 0 Å². The molecule has 5 nitrogen and oxygen atoms in total. The van der Waals surface area contributed by atoms with Crippen LogP contribution in [0.5, 0.6) is 5.75 Å². The van der Waals surface area contributed by atoms with E-state index in [-0.39, 0.29) is 5.75 Å². The van der Waals surface area contributed by atoms with Crippen molar-refractivity contribution in [2.24, 2.45) is 0 Å². The highest BCUT2D eigenvalue weighted by Gasteiger charge is 2.34. The normalized spacial score (nSPS) is 18.6. The number of hydrogen-bond donors (Lipinski definition) is 2. The van der Waals surface area contributed by atoms with Crippen molar-refractivity contribution in [1.82, 2.24) is 0 Å². The van der Waals surface area contributed by atoms with E-state index in [1.807, 2.05) is 0 Å². The van der Waals surface area contributed by atoms with Gasteiger partial charge in [-0.05, 0) is 25.1 Å². The smallest absolute Gasteiger partial charge is 0.220 e. The Kier molecular flexibility index (Phi) is 2.57. The van der Waals surface area contributed by atoms with Crippen LogP contribution in [-0.4, -0.2) is 18.3 Å². The Morgan fingerprint density at radius 1 is 1.38 bits per heavy atom. The molecule has 86 valence electrons. The summed E-state index contributed by atoms with van der Waals surface area (Å²) in [5.41, 5.74) is 6.07. The number of anilines is 1. The second kappa shape index (κ2) is 3.77. The van der Waals surface area contributed by atoms with Crippen molar-refractivity contribution >= 4 is 5.69 Å². The molecule has 16 heavy (non-hydrogen) atoms. The Morgan fingerprint density at radius 2 is 2.00 bits per heavy atom. The van der Waals surface area contributed by atoms with Crippen LogP contribution in [0.2, 0.25) is 0 Å². The molecule has 0 spiro atoms. The summed E-state index contributed by atoms with van der Waals surface area (Å²) < 4.78 is 10.8. The first kappa shape index (κ1) is 10.9. The van der Waals surface area contributed by atoms with Crippen molar-refractivity contribution in [1.29, 1.82) is 0 Å². The van der Waals surface area contributed by atoms with Crippen LogP contribution in [0.1, 0.15) is 12.5 Å². The topological polar surface area (TPSA) is 81.8 Å². The molecule has 1 saturated heterocycles. The van der Waals surface area contributed by atoms with Crippen LogP contribution in [0.3, 0.4) is 0 Å². The van der Waals surface area contributed by atoms with Gasteiger partial charge in [0.05, 0.1) is 13.2 Å². The summed E-state index contributed by atoms with van der Waals surface area (Å²) in [6, 6.07) is 3.97. The molecule has 1 heterocycles. The van der Waals surface area contributed by atoms with E-state index in [9.17, 15) is 9.90 Å². The summed E-state index contributed by atoms with van der Waals surface area (Å²) in [5.74, 6) is -1.35. The molecule has 1 aliphatic rings. The van der Waals surface area contributed by atoms with Crippen LogP contribution >= 0.6 is 0 Å². The molecule has 0 saturated carbocycles. The van der Waals surface area contributed by atoms with Gasteiger partial charge < -0.3 is 20.3 Å². The average molecular weight is 223 g/mol. The maximum atomic E-state index is 11.5. The molecule has 3 N–H and O–H groups in total. The molecular formula is C11H13NO4. The number of rotatable bonds is 1. The zero-order valence-electron chi connectivity index (χ0n) is 8.90. The first-order valence-corrected chi connectivity index (χ1v) is 4.94. The highest BCUT2D eigenvalue weighted by atomic mass is 16.7.